The van der Waals surface area contributed by atoms with Crippen molar-refractivity contribution < 1.29 is 0 Å². The number of para-hydroxylation sites is 4. The van der Waals surface area contributed by atoms with E-state index in [-0.39, 0.29) is 17.5 Å². The van der Waals surface area contributed by atoms with Crippen LogP contribution in [0.4, 0.5) is 51.2 Å². The highest BCUT2D eigenvalue weighted by Crippen LogP contribution is 2.57. The maximum Gasteiger partial charge on any atom is 0.252 e. The van der Waals surface area contributed by atoms with Crippen molar-refractivity contribution in [1.29, 1.82) is 0 Å². The molecule has 5 nitrogen and oxygen atoms in total. The molecule has 2 aliphatic heterocycles. The minimum Gasteiger partial charge on any atom is -0.310 e. The van der Waals surface area contributed by atoms with Gasteiger partial charge in [-0.2, -0.15) is 0 Å². The quantitative estimate of drug-likeness (QED) is 0.107. The van der Waals surface area contributed by atoms with Crippen LogP contribution in [0.1, 0.15) is 52.7 Å². The molecule has 0 radical (unpaired) electrons. The van der Waals surface area contributed by atoms with Crippen LogP contribution in [0, 0.1) is 0 Å². The van der Waals surface area contributed by atoms with Crippen LogP contribution >= 0.6 is 0 Å². The summed E-state index contributed by atoms with van der Waals surface area (Å²) in [5.41, 5.74) is 35.4. The Labute approximate surface area is 679 Å². The topological polar surface area (TPSA) is 19.6 Å². The second kappa shape index (κ2) is 27.9. The molecule has 0 aliphatic carbocycles. The molecule has 6 heteroatoms. The van der Waals surface area contributed by atoms with Crippen molar-refractivity contribution >= 4 is 118 Å². The lowest BCUT2D eigenvalue weighted by atomic mass is 9.33. The molecule has 17 aromatic carbocycles. The molecular weight excluding hydrogens is 1400 g/mol. The van der Waals surface area contributed by atoms with Gasteiger partial charge in [-0.15, -0.1) is 0 Å². The minimum absolute atomic E-state index is 0.246. The fourth-order valence-electron chi connectivity index (χ4n) is 18.5. The van der Waals surface area contributed by atoms with Crippen molar-refractivity contribution in [3.8, 4) is 78.1 Å². The van der Waals surface area contributed by atoms with E-state index >= 15 is 0 Å². The van der Waals surface area contributed by atoms with Gasteiger partial charge in [-0.1, -0.05) is 333 Å². The Hall–Kier alpha value is -14.2. The zero-order valence-electron chi connectivity index (χ0n) is 65.9. The number of benzene rings is 17. The smallest absolute Gasteiger partial charge is 0.252 e. The predicted octanol–water partition coefficient (Wildman–Crippen LogP) is 28.0. The predicted molar refractivity (Wildman–Crippen MR) is 494 cm³/mol. The van der Waals surface area contributed by atoms with Gasteiger partial charge in [0.25, 0.3) is 6.71 Å². The number of hydrogen-bond acceptors (Lipinski definition) is 3. The van der Waals surface area contributed by atoms with Gasteiger partial charge in [0.05, 0.1) is 39.1 Å². The molecular formula is C110H84BN5. The first kappa shape index (κ1) is 69.7. The van der Waals surface area contributed by atoms with Crippen LogP contribution in [0.5, 0.6) is 0 Å². The molecule has 2 aliphatic rings. The SMILES string of the molecule is CC(C)(C)c1cc(-c2ccccc2)c(N2c3cc(-n4c5ccccc5c5ccccc54)ccc3B3c4ccc(-n5c6ccccc6c6ccccc65)cc4N(c4c(-c5ccccc5)cc(C(C)(C)C)cc4-c4ccccc4)c4cc(N(c5ccc(-c6ccccc6)cc5)c5ccc(-c6ccccc6)cc5)cc2c43)c(-c2ccccc2)c1. The summed E-state index contributed by atoms with van der Waals surface area (Å²) in [6.45, 7) is 13.8. The van der Waals surface area contributed by atoms with E-state index in [1.54, 1.807) is 0 Å². The van der Waals surface area contributed by atoms with Gasteiger partial charge in [0, 0.05) is 89.3 Å². The number of fused-ring (bicyclic) bond motifs is 10. The Balaban J connectivity index is 0.969. The van der Waals surface area contributed by atoms with Gasteiger partial charge in [-0.3, -0.25) is 0 Å². The van der Waals surface area contributed by atoms with Crippen molar-refractivity contribution in [1.82, 2.24) is 9.13 Å². The largest absolute Gasteiger partial charge is 0.310 e. The van der Waals surface area contributed by atoms with E-state index in [2.05, 4.69) is 466 Å². The van der Waals surface area contributed by atoms with E-state index in [1.807, 2.05) is 0 Å². The van der Waals surface area contributed by atoms with Crippen LogP contribution in [0.15, 0.2) is 400 Å². The van der Waals surface area contributed by atoms with E-state index in [9.17, 15) is 0 Å². The Morgan fingerprint density at radius 3 is 0.793 bits per heavy atom. The van der Waals surface area contributed by atoms with Crippen LogP contribution in [0.3, 0.4) is 0 Å². The van der Waals surface area contributed by atoms with Gasteiger partial charge >= 0.3 is 0 Å². The first-order valence-corrected chi connectivity index (χ1v) is 40.6. The van der Waals surface area contributed by atoms with E-state index in [0.717, 1.165) is 151 Å². The third-order valence-electron chi connectivity index (χ3n) is 24.2. The van der Waals surface area contributed by atoms with E-state index in [1.165, 1.54) is 49.1 Å². The van der Waals surface area contributed by atoms with Crippen molar-refractivity contribution in [2.75, 3.05) is 14.7 Å². The molecule has 0 unspecified atom stereocenters. The molecule has 0 fully saturated rings. The monoisotopic (exact) mass is 1490 g/mol. The number of hydrogen-bond donors (Lipinski definition) is 0. The van der Waals surface area contributed by atoms with Crippen LogP contribution in [0.25, 0.3) is 122 Å². The summed E-state index contributed by atoms with van der Waals surface area (Å²) >= 11 is 0. The van der Waals surface area contributed by atoms with Crippen LogP contribution in [-0.2, 0) is 10.8 Å². The lowest BCUT2D eigenvalue weighted by Gasteiger charge is -2.46. The highest BCUT2D eigenvalue weighted by Gasteiger charge is 2.47. The highest BCUT2D eigenvalue weighted by molar-refractivity contribution is 7.00. The number of aromatic nitrogens is 2. The molecule has 0 spiro atoms. The van der Waals surface area contributed by atoms with Gasteiger partial charge in [-0.25, -0.2) is 0 Å². The molecule has 116 heavy (non-hydrogen) atoms. The first-order valence-electron chi connectivity index (χ1n) is 40.6. The molecule has 0 bridgehead atoms. The lowest BCUT2D eigenvalue weighted by molar-refractivity contribution is 0.590. The van der Waals surface area contributed by atoms with Gasteiger partial charge < -0.3 is 23.8 Å². The molecule has 19 aromatic rings. The van der Waals surface area contributed by atoms with E-state index < -0.39 is 0 Å². The van der Waals surface area contributed by atoms with Crippen molar-refractivity contribution in [2.24, 2.45) is 0 Å². The third-order valence-corrected chi connectivity index (χ3v) is 24.2. The Morgan fingerprint density at radius 1 is 0.233 bits per heavy atom. The summed E-state index contributed by atoms with van der Waals surface area (Å²) in [7, 11) is 0. The van der Waals surface area contributed by atoms with Crippen molar-refractivity contribution in [3.05, 3.63) is 412 Å². The second-order valence-corrected chi connectivity index (χ2v) is 33.2. The van der Waals surface area contributed by atoms with Crippen molar-refractivity contribution in [3.63, 3.8) is 0 Å². The Bertz CT molecular complexity index is 6350. The zero-order chi connectivity index (χ0) is 77.9. The summed E-state index contributed by atoms with van der Waals surface area (Å²) in [5.74, 6) is 0. The second-order valence-electron chi connectivity index (χ2n) is 33.2. The average molecular weight is 1490 g/mol. The van der Waals surface area contributed by atoms with E-state index in [0.29, 0.717) is 0 Å². The molecule has 4 heterocycles. The fraction of sp³-hybridized carbons (Fsp3) is 0.0727. The molecule has 0 amide bonds. The van der Waals surface area contributed by atoms with Gasteiger partial charge in [0.2, 0.25) is 0 Å². The average Bonchev–Trinajstić information content (AvgIpc) is 0.763. The number of anilines is 9. The molecule has 552 valence electrons. The zero-order valence-corrected chi connectivity index (χ0v) is 65.9. The van der Waals surface area contributed by atoms with Gasteiger partial charge in [0.1, 0.15) is 0 Å². The molecule has 0 atom stereocenters. The fourth-order valence-corrected chi connectivity index (χ4v) is 18.5. The van der Waals surface area contributed by atoms with Gasteiger partial charge in [0.15, 0.2) is 0 Å². The normalized spacial score (nSPS) is 12.5. The highest BCUT2D eigenvalue weighted by atomic mass is 15.2. The summed E-state index contributed by atoms with van der Waals surface area (Å²) in [5, 5.41) is 4.84. The first-order chi connectivity index (χ1) is 56.8. The third kappa shape index (κ3) is 11.8. The molecule has 2 aromatic heterocycles. The van der Waals surface area contributed by atoms with E-state index in [4.69, 9.17) is 0 Å². The summed E-state index contributed by atoms with van der Waals surface area (Å²) in [6, 6.07) is 151. The Kier molecular flexibility index (Phi) is 16.8. The number of nitrogens with zero attached hydrogens (tertiary/aromatic N) is 5. The van der Waals surface area contributed by atoms with Crippen molar-refractivity contribution in [2.45, 2.75) is 52.4 Å². The maximum atomic E-state index is 2.73. The molecule has 0 saturated heterocycles. The molecule has 0 N–H and O–H groups in total. The van der Waals surface area contributed by atoms with Gasteiger partial charge in [-0.05, 0) is 192 Å². The maximum absolute atomic E-state index is 2.73. The minimum atomic E-state index is -0.335. The summed E-state index contributed by atoms with van der Waals surface area (Å²) in [6.07, 6.45) is 0. The number of rotatable bonds is 13. The van der Waals surface area contributed by atoms with Crippen LogP contribution in [-0.4, -0.2) is 15.8 Å². The standard InChI is InChI=1S/C110H84BN5/c1-109(2,3)81-65-92(77-37-17-9-18-38-77)107(93(66-81)78-39-19-10-20-40-78)115-102-69-85(113-98-49-29-25-45-88(98)89-46-26-30-50-99(89)113)61-63-96(102)111-97-64-62-86(114-100-51-31-27-47-90(100)91-48-28-32-52-101(91)114)70-103(97)116(108-94(79-41-21-11-22-42-79)67-82(110(4,5)6)68-95(108)80-43-23-12-24-44-80)105-72-87(71-104(115)106(105)111)112(83-57-53-75(54-58-83)73-33-13-7-14-34-73)84-59-55-76(56-60-84)74-35-15-8-16-36-74/h7-72H,1-6H3. The Morgan fingerprint density at radius 2 is 0.500 bits per heavy atom. The lowest BCUT2D eigenvalue weighted by Crippen LogP contribution is -2.61. The van der Waals surface area contributed by atoms with Crippen LogP contribution < -0.4 is 31.1 Å². The van der Waals surface area contributed by atoms with Crippen LogP contribution in [0.2, 0.25) is 0 Å². The summed E-state index contributed by atoms with van der Waals surface area (Å²) in [4.78, 5) is 7.98. The molecule has 0 saturated carbocycles. The summed E-state index contributed by atoms with van der Waals surface area (Å²) < 4.78 is 5.01. The molecule has 21 rings (SSSR count).